The second-order valence-electron chi connectivity index (χ2n) is 9.12. The molecule has 162 valence electrons. The number of nitrogens with zero attached hydrogens (tertiary/aromatic N) is 3. The maximum Gasteiger partial charge on any atom is 0.232 e. The third-order valence-corrected chi connectivity index (χ3v) is 6.66. The molecule has 31 heavy (non-hydrogen) atoms. The van der Waals surface area contributed by atoms with Gasteiger partial charge in [-0.15, -0.1) is 0 Å². The van der Waals surface area contributed by atoms with Gasteiger partial charge in [-0.05, 0) is 36.1 Å². The number of benzene rings is 2. The van der Waals surface area contributed by atoms with Gasteiger partial charge in [0.1, 0.15) is 0 Å². The monoisotopic (exact) mass is 418 g/mol. The van der Waals surface area contributed by atoms with Crippen molar-refractivity contribution in [1.29, 1.82) is 0 Å². The van der Waals surface area contributed by atoms with Crippen molar-refractivity contribution in [3.8, 4) is 0 Å². The number of nitrogens with two attached hydrogens (primary N) is 1. The number of anilines is 1. The molecule has 2 heterocycles. The topological polar surface area (TPSA) is 79.0 Å². The summed E-state index contributed by atoms with van der Waals surface area (Å²) in [5.41, 5.74) is 8.69. The maximum absolute atomic E-state index is 12.8. The average Bonchev–Trinajstić information content (AvgIpc) is 3.13. The van der Waals surface area contributed by atoms with E-state index in [9.17, 15) is 9.59 Å². The largest absolute Gasteiger partial charge is 0.369 e. The Labute approximate surface area is 183 Å². The fourth-order valence-electron chi connectivity index (χ4n) is 4.30. The summed E-state index contributed by atoms with van der Waals surface area (Å²) < 4.78 is 0. The fourth-order valence-corrected chi connectivity index (χ4v) is 4.30. The van der Waals surface area contributed by atoms with E-state index in [1.165, 1.54) is 5.56 Å². The van der Waals surface area contributed by atoms with E-state index < -0.39 is 5.54 Å². The van der Waals surface area contributed by atoms with Crippen molar-refractivity contribution < 1.29 is 9.59 Å². The van der Waals surface area contributed by atoms with Crippen LogP contribution in [0.4, 0.5) is 5.69 Å². The summed E-state index contributed by atoms with van der Waals surface area (Å²) in [6, 6.07) is 18.0. The molecule has 0 spiro atoms. The van der Waals surface area contributed by atoms with Crippen LogP contribution in [0.5, 0.6) is 0 Å². The average molecular weight is 419 g/mol. The molecule has 2 N–H and O–H groups in total. The number of rotatable bonds is 5. The Kier molecular flexibility index (Phi) is 5.56. The molecule has 2 aromatic rings. The zero-order chi connectivity index (χ0) is 22.2. The van der Waals surface area contributed by atoms with E-state index in [1.807, 2.05) is 54.3 Å². The van der Waals surface area contributed by atoms with Gasteiger partial charge in [0.15, 0.2) is 5.96 Å². The number of guanidine groups is 1. The Morgan fingerprint density at radius 1 is 1.10 bits per heavy atom. The summed E-state index contributed by atoms with van der Waals surface area (Å²) in [5, 5.41) is 0. The van der Waals surface area contributed by atoms with Crippen LogP contribution in [0, 0.1) is 5.92 Å². The lowest BCUT2D eigenvalue weighted by Crippen LogP contribution is -2.51. The Morgan fingerprint density at radius 3 is 2.52 bits per heavy atom. The smallest absolute Gasteiger partial charge is 0.232 e. The number of aliphatic imine (C=N–C) groups is 1. The Bertz CT molecular complexity index is 1020. The molecule has 0 bridgehead atoms. The van der Waals surface area contributed by atoms with Crippen molar-refractivity contribution in [3.05, 3.63) is 65.7 Å². The van der Waals surface area contributed by atoms with Crippen molar-refractivity contribution in [2.75, 3.05) is 11.4 Å². The third kappa shape index (κ3) is 4.20. The number of hydrogen-bond acceptors (Lipinski definition) is 4. The molecule has 2 aliphatic rings. The van der Waals surface area contributed by atoms with Crippen LogP contribution >= 0.6 is 0 Å². The summed E-state index contributed by atoms with van der Waals surface area (Å²) in [5.74, 6) is 0.778. The Morgan fingerprint density at radius 2 is 1.84 bits per heavy atom. The first-order chi connectivity index (χ1) is 14.8. The minimum atomic E-state index is -0.464. The van der Waals surface area contributed by atoms with Gasteiger partial charge in [0.05, 0.1) is 18.5 Å². The van der Waals surface area contributed by atoms with E-state index >= 15 is 0 Å². The highest BCUT2D eigenvalue weighted by molar-refractivity contribution is 5.99. The van der Waals surface area contributed by atoms with E-state index in [4.69, 9.17) is 5.73 Å². The molecule has 2 atom stereocenters. The van der Waals surface area contributed by atoms with E-state index in [2.05, 4.69) is 31.0 Å². The summed E-state index contributed by atoms with van der Waals surface area (Å²) in [6.45, 7) is 7.09. The van der Waals surface area contributed by atoms with Crippen molar-refractivity contribution in [2.45, 2.75) is 51.6 Å². The number of amides is 2. The maximum atomic E-state index is 12.8. The first-order valence-corrected chi connectivity index (χ1v) is 10.9. The lowest BCUT2D eigenvalue weighted by atomic mass is 9.84. The minimum Gasteiger partial charge on any atom is -0.369 e. The van der Waals surface area contributed by atoms with E-state index in [0.717, 1.165) is 11.3 Å². The second kappa shape index (κ2) is 8.17. The summed E-state index contributed by atoms with van der Waals surface area (Å²) in [7, 11) is 0. The van der Waals surface area contributed by atoms with Gasteiger partial charge in [-0.2, -0.15) is 0 Å². The van der Waals surface area contributed by atoms with Crippen LogP contribution in [0.3, 0.4) is 0 Å². The van der Waals surface area contributed by atoms with Crippen molar-refractivity contribution >= 4 is 23.5 Å². The van der Waals surface area contributed by atoms with Crippen LogP contribution < -0.4 is 10.6 Å². The molecule has 6 heteroatoms. The quantitative estimate of drug-likeness (QED) is 0.805. The molecule has 0 radical (unpaired) electrons. The van der Waals surface area contributed by atoms with Crippen LogP contribution in [-0.2, 0) is 16.1 Å². The van der Waals surface area contributed by atoms with Crippen molar-refractivity contribution in [2.24, 2.45) is 16.6 Å². The zero-order valence-corrected chi connectivity index (χ0v) is 18.4. The number of carbonyl (C=O) groups excluding carboxylic acids is 2. The molecule has 4 rings (SSSR count). The molecule has 0 aliphatic carbocycles. The van der Waals surface area contributed by atoms with E-state index in [1.54, 1.807) is 4.90 Å². The lowest BCUT2D eigenvalue weighted by Gasteiger charge is -2.37. The third-order valence-electron chi connectivity index (χ3n) is 6.66. The molecule has 1 saturated heterocycles. The highest BCUT2D eigenvalue weighted by Gasteiger charge is 2.38. The van der Waals surface area contributed by atoms with Gasteiger partial charge >= 0.3 is 0 Å². The van der Waals surface area contributed by atoms with Crippen LogP contribution in [0.2, 0.25) is 0 Å². The molecule has 2 amide bonds. The molecular formula is C25H30N4O2. The van der Waals surface area contributed by atoms with E-state index in [0.29, 0.717) is 25.9 Å². The number of hydrogen-bond donors (Lipinski definition) is 1. The SMILES string of the molecule is CC(C)[C@]1(C)CC(=O)N(Cc2cccc(N3C[C@H](c4ccccc4)CC3=O)c2)C(N)=N1. The predicted octanol–water partition coefficient (Wildman–Crippen LogP) is 3.67. The Balaban J connectivity index is 1.52. The van der Waals surface area contributed by atoms with Gasteiger partial charge in [-0.3, -0.25) is 14.5 Å². The van der Waals surface area contributed by atoms with Gasteiger partial charge in [0.2, 0.25) is 11.8 Å². The highest BCUT2D eigenvalue weighted by atomic mass is 16.2. The fraction of sp³-hybridized carbons (Fsp3) is 0.400. The second-order valence-corrected chi connectivity index (χ2v) is 9.12. The molecule has 1 fully saturated rings. The standard InChI is InChI=1S/C25H30N4O2/c1-17(2)25(3)14-23(31)29(24(26)27-25)15-18-8-7-11-21(12-18)28-16-20(13-22(28)30)19-9-5-4-6-10-19/h4-12,17,20H,13-16H2,1-3H3,(H2,26,27)/t20-,25+/m1/s1. The predicted molar refractivity (Wildman–Crippen MR) is 123 cm³/mol. The molecule has 2 aliphatic heterocycles. The van der Waals surface area contributed by atoms with Gasteiger partial charge in [-0.25, -0.2) is 4.99 Å². The molecule has 0 aromatic heterocycles. The zero-order valence-electron chi connectivity index (χ0n) is 18.4. The first kappa shape index (κ1) is 21.1. The normalized spacial score (nSPS) is 24.1. The summed E-state index contributed by atoms with van der Waals surface area (Å²) >= 11 is 0. The van der Waals surface area contributed by atoms with Gasteiger partial charge < -0.3 is 10.6 Å². The molecule has 0 unspecified atom stereocenters. The van der Waals surface area contributed by atoms with Crippen LogP contribution in [0.15, 0.2) is 59.6 Å². The van der Waals surface area contributed by atoms with Gasteiger partial charge in [0.25, 0.3) is 0 Å². The first-order valence-electron chi connectivity index (χ1n) is 10.9. The summed E-state index contributed by atoms with van der Waals surface area (Å²) in [4.78, 5) is 33.6. The van der Waals surface area contributed by atoms with Crippen molar-refractivity contribution in [1.82, 2.24) is 4.90 Å². The number of carbonyl (C=O) groups is 2. The van der Waals surface area contributed by atoms with Crippen molar-refractivity contribution in [3.63, 3.8) is 0 Å². The molecule has 6 nitrogen and oxygen atoms in total. The minimum absolute atomic E-state index is 0.0181. The van der Waals surface area contributed by atoms with Gasteiger partial charge in [-0.1, -0.05) is 56.3 Å². The molecular weight excluding hydrogens is 388 g/mol. The lowest BCUT2D eigenvalue weighted by molar-refractivity contribution is -0.130. The van der Waals surface area contributed by atoms with Gasteiger partial charge in [0, 0.05) is 24.6 Å². The van der Waals surface area contributed by atoms with Crippen LogP contribution in [-0.4, -0.2) is 34.8 Å². The van der Waals surface area contributed by atoms with Crippen LogP contribution in [0.25, 0.3) is 0 Å². The Hall–Kier alpha value is -3.15. The highest BCUT2D eigenvalue weighted by Crippen LogP contribution is 2.33. The van der Waals surface area contributed by atoms with E-state index in [-0.39, 0.29) is 29.6 Å². The molecule has 0 saturated carbocycles. The molecule has 2 aromatic carbocycles. The van der Waals surface area contributed by atoms with Crippen LogP contribution in [0.1, 0.15) is 50.7 Å². The summed E-state index contributed by atoms with van der Waals surface area (Å²) in [6.07, 6.45) is 0.848.